The lowest BCUT2D eigenvalue weighted by Gasteiger charge is -2.13. The molecule has 1 heterocycles. The molecule has 0 saturated heterocycles. The number of hydrogen-bond donors (Lipinski definition) is 0. The molecular formula is C8H6Br8Cl3N3. The summed E-state index contributed by atoms with van der Waals surface area (Å²) < 4.78 is -1.76. The summed E-state index contributed by atoms with van der Waals surface area (Å²) in [4.78, 5) is 11.7. The van der Waals surface area contributed by atoms with Gasteiger partial charge >= 0.3 is 0 Å². The highest BCUT2D eigenvalue weighted by Gasteiger charge is 2.26. The number of halogens is 11. The lowest BCUT2D eigenvalue weighted by atomic mass is 10.4. The maximum Gasteiger partial charge on any atom is 0.245 e. The molecule has 0 aliphatic heterocycles. The number of alkyl halides is 11. The van der Waals surface area contributed by atoms with E-state index in [1.807, 2.05) is 0 Å². The van der Waals surface area contributed by atoms with Crippen LogP contribution in [0.2, 0.25) is 0 Å². The summed E-state index contributed by atoms with van der Waals surface area (Å²) >= 11 is 40.8. The molecule has 0 radical (unpaired) electrons. The Morgan fingerprint density at radius 1 is 0.818 bits per heavy atom. The Hall–Kier alpha value is 3.72. The molecule has 1 aromatic heterocycles. The van der Waals surface area contributed by atoms with E-state index < -0.39 is 2.70 Å². The Bertz CT molecular complexity index is 392. The Balaban J connectivity index is 0. The van der Waals surface area contributed by atoms with Gasteiger partial charge in [0, 0.05) is 10.7 Å². The molecule has 0 unspecified atom stereocenters. The van der Waals surface area contributed by atoms with Crippen molar-refractivity contribution in [2.45, 2.75) is 8.08 Å². The van der Waals surface area contributed by atoms with Gasteiger partial charge < -0.3 is 0 Å². The topological polar surface area (TPSA) is 38.7 Å². The fourth-order valence-corrected chi connectivity index (χ4v) is 1.15. The van der Waals surface area contributed by atoms with Gasteiger partial charge in [-0.3, -0.25) is 0 Å². The van der Waals surface area contributed by atoms with Crippen molar-refractivity contribution in [1.82, 2.24) is 15.0 Å². The van der Waals surface area contributed by atoms with Crippen LogP contribution in [0.4, 0.5) is 0 Å². The molecule has 0 bridgehead atoms. The summed E-state index contributed by atoms with van der Waals surface area (Å²) in [5.74, 6) is 0.657. The number of hydrogen-bond acceptors (Lipinski definition) is 3. The highest BCUT2D eigenvalue weighted by Crippen LogP contribution is 2.37. The Kier molecular flexibility index (Phi) is 17.6. The third-order valence-corrected chi connectivity index (χ3v) is 8.70. The van der Waals surface area contributed by atoms with E-state index >= 15 is 0 Å². The van der Waals surface area contributed by atoms with Gasteiger partial charge in [0.2, 0.25) is 2.70 Å². The molecule has 0 N–H and O–H groups in total. The number of nitrogens with zero attached hydrogens (tertiary/aromatic N) is 3. The second kappa shape index (κ2) is 13.8. The summed E-state index contributed by atoms with van der Waals surface area (Å²) in [5, 5.41) is 1.52. The highest BCUT2D eigenvalue weighted by molar-refractivity contribution is 9.40. The predicted molar refractivity (Wildman–Crippen MR) is 126 cm³/mol. The van der Waals surface area contributed by atoms with Gasteiger partial charge in [-0.25, -0.2) is 15.0 Å². The van der Waals surface area contributed by atoms with Crippen LogP contribution < -0.4 is 0 Å². The summed E-state index contributed by atoms with van der Waals surface area (Å²) in [7, 11) is 0. The summed E-state index contributed by atoms with van der Waals surface area (Å²) in [6, 6.07) is 0. The molecule has 1 aromatic rings. The van der Waals surface area contributed by atoms with Crippen LogP contribution in [-0.4, -0.2) is 30.5 Å². The number of rotatable bonds is 2. The minimum absolute atomic E-state index is 0.104. The van der Waals surface area contributed by atoms with Crippen molar-refractivity contribution in [3.8, 4) is 0 Å². The van der Waals surface area contributed by atoms with Crippen molar-refractivity contribution in [3.63, 3.8) is 0 Å². The van der Waals surface area contributed by atoms with Crippen molar-refractivity contribution < 1.29 is 0 Å². The Morgan fingerprint density at radius 3 is 1.36 bits per heavy atom. The third kappa shape index (κ3) is 21.8. The van der Waals surface area contributed by atoms with Crippen LogP contribution in [-0.2, 0) is 3.23 Å². The molecule has 1 rings (SSSR count). The predicted octanol–water partition coefficient (Wildman–Crippen LogP) is 8.14. The average Bonchev–Trinajstić information content (AvgIpc) is 2.38. The Morgan fingerprint density at radius 2 is 1.14 bits per heavy atom. The van der Waals surface area contributed by atoms with Crippen LogP contribution in [0.1, 0.15) is 5.82 Å². The SMILES string of the molecule is BrCC(Br)(Br)Br.BrCC(Br)(Br)c1ncncn1.ClC(Cl)(Cl)Br. The van der Waals surface area contributed by atoms with Gasteiger partial charge in [0.05, 0.1) is 0 Å². The summed E-state index contributed by atoms with van der Waals surface area (Å²) in [6.07, 6.45) is 2.92. The Labute approximate surface area is 211 Å². The van der Waals surface area contributed by atoms with Crippen LogP contribution in [0.3, 0.4) is 0 Å². The molecule has 0 aliphatic carbocycles. The monoisotopic (exact) mass is 880 g/mol. The van der Waals surface area contributed by atoms with Gasteiger partial charge in [-0.05, 0) is 15.9 Å². The fraction of sp³-hybridized carbons (Fsp3) is 0.625. The molecule has 0 aromatic carbocycles. The summed E-state index contributed by atoms with van der Waals surface area (Å²) in [6.45, 7) is 0. The molecule has 22 heavy (non-hydrogen) atoms. The lowest BCUT2D eigenvalue weighted by Crippen LogP contribution is -2.14. The van der Waals surface area contributed by atoms with Gasteiger partial charge in [-0.2, -0.15) is 0 Å². The molecule has 0 aliphatic rings. The van der Waals surface area contributed by atoms with E-state index in [-0.39, 0.29) is 5.38 Å². The zero-order chi connectivity index (χ0) is 18.0. The lowest BCUT2D eigenvalue weighted by molar-refractivity contribution is 0.871. The van der Waals surface area contributed by atoms with Gasteiger partial charge in [0.25, 0.3) is 0 Å². The average molecular weight is 890 g/mol. The largest absolute Gasteiger partial charge is 0.245 e. The van der Waals surface area contributed by atoms with Crippen LogP contribution in [0, 0.1) is 0 Å². The van der Waals surface area contributed by atoms with Crippen molar-refractivity contribution in [2.24, 2.45) is 0 Å². The first kappa shape index (κ1) is 27.9. The van der Waals surface area contributed by atoms with Crippen molar-refractivity contribution in [1.29, 1.82) is 0 Å². The van der Waals surface area contributed by atoms with E-state index in [0.29, 0.717) is 11.2 Å². The maximum atomic E-state index is 4.98. The molecule has 0 amide bonds. The first-order valence-electron chi connectivity index (χ1n) is 4.67. The van der Waals surface area contributed by atoms with Gasteiger partial charge in [-0.1, -0.05) is 146 Å². The zero-order valence-electron chi connectivity index (χ0n) is 10.1. The van der Waals surface area contributed by atoms with E-state index in [4.69, 9.17) is 34.8 Å². The van der Waals surface area contributed by atoms with Gasteiger partial charge in [-0.15, -0.1) is 0 Å². The molecule has 130 valence electrons. The van der Waals surface area contributed by atoms with E-state index in [0.717, 1.165) is 5.33 Å². The zero-order valence-corrected chi connectivity index (χ0v) is 25.0. The normalized spacial score (nSPS) is 11.8. The first-order valence-corrected chi connectivity index (χ1v) is 12.8. The van der Waals surface area contributed by atoms with Crippen LogP contribution in [0.5, 0.6) is 0 Å². The smallest absolute Gasteiger partial charge is 0.225 e. The number of aromatic nitrogens is 3. The van der Waals surface area contributed by atoms with E-state index in [1.54, 1.807) is 0 Å². The maximum absolute atomic E-state index is 4.98. The molecule has 0 spiro atoms. The minimum atomic E-state index is -1.27. The molecule has 0 saturated carbocycles. The molecule has 0 atom stereocenters. The standard InChI is InChI=1S/C5H4Br3N3.C2H2Br4.CBrCl3/c6-1-5(7,8)4-10-2-9-3-11-4;3-1-2(4,5)6;2-1(3,4)5/h2-3H,1H2;1H2;. The summed E-state index contributed by atoms with van der Waals surface area (Å²) in [5.41, 5.74) is 0. The van der Waals surface area contributed by atoms with Crippen molar-refractivity contribution in [3.05, 3.63) is 18.5 Å². The minimum Gasteiger partial charge on any atom is -0.225 e. The van der Waals surface area contributed by atoms with E-state index in [9.17, 15) is 0 Å². The second-order valence-corrected chi connectivity index (χ2v) is 20.0. The van der Waals surface area contributed by atoms with Crippen LogP contribution in [0.15, 0.2) is 12.7 Å². The third-order valence-electron chi connectivity index (χ3n) is 1.14. The van der Waals surface area contributed by atoms with Gasteiger partial charge in [0.1, 0.15) is 18.0 Å². The fourth-order valence-electron chi connectivity index (χ4n) is 0.488. The van der Waals surface area contributed by atoms with Crippen molar-refractivity contribution in [2.75, 3.05) is 10.7 Å². The first-order chi connectivity index (χ1) is 9.73. The second-order valence-electron chi connectivity index (χ2n) is 2.98. The van der Waals surface area contributed by atoms with Crippen molar-refractivity contribution >= 4 is 162 Å². The molecule has 14 heteroatoms. The molecule has 3 nitrogen and oxygen atoms in total. The van der Waals surface area contributed by atoms with Crippen LogP contribution >= 0.6 is 162 Å². The van der Waals surface area contributed by atoms with E-state index in [2.05, 4.69) is 142 Å². The molecule has 0 fully saturated rings. The van der Waals surface area contributed by atoms with Crippen LogP contribution in [0.25, 0.3) is 0 Å². The highest BCUT2D eigenvalue weighted by atomic mass is 80.0. The van der Waals surface area contributed by atoms with E-state index in [1.165, 1.54) is 12.7 Å². The van der Waals surface area contributed by atoms with Gasteiger partial charge in [0.15, 0.2) is 5.82 Å². The molecular weight excluding hydrogens is 884 g/mol. The quantitative estimate of drug-likeness (QED) is 0.282.